The van der Waals surface area contributed by atoms with E-state index < -0.39 is 5.91 Å². The summed E-state index contributed by atoms with van der Waals surface area (Å²) in [6.45, 7) is 3.95. The van der Waals surface area contributed by atoms with Crippen molar-refractivity contribution in [3.8, 4) is 5.75 Å². The molecule has 2 aromatic rings. The molecular weight excluding hydrogens is 264 g/mol. The molecule has 0 heterocycles. The third kappa shape index (κ3) is 3.34. The van der Waals surface area contributed by atoms with Gasteiger partial charge in [-0.2, -0.15) is 0 Å². The molecule has 0 fully saturated rings. The summed E-state index contributed by atoms with van der Waals surface area (Å²) < 4.78 is 5.24. The van der Waals surface area contributed by atoms with Crippen molar-refractivity contribution in [1.82, 2.24) is 0 Å². The van der Waals surface area contributed by atoms with Gasteiger partial charge in [0.2, 0.25) is 5.91 Å². The molecular formula is C17H20N2O2. The third-order valence-electron chi connectivity index (χ3n) is 3.57. The molecule has 0 radical (unpaired) electrons. The van der Waals surface area contributed by atoms with Crippen LogP contribution in [0.1, 0.15) is 34.5 Å². The van der Waals surface area contributed by atoms with Crippen LogP contribution in [0.4, 0.5) is 5.69 Å². The van der Waals surface area contributed by atoms with Gasteiger partial charge in [0.1, 0.15) is 5.75 Å². The number of nitrogens with two attached hydrogens (primary N) is 1. The molecule has 4 nitrogen and oxygen atoms in total. The topological polar surface area (TPSA) is 64.3 Å². The molecule has 2 rings (SSSR count). The zero-order chi connectivity index (χ0) is 15.4. The molecule has 0 spiro atoms. The van der Waals surface area contributed by atoms with Crippen molar-refractivity contribution in [2.45, 2.75) is 19.9 Å². The average Bonchev–Trinajstić information content (AvgIpc) is 2.49. The second kappa shape index (κ2) is 6.31. The van der Waals surface area contributed by atoms with Crippen molar-refractivity contribution in [2.24, 2.45) is 5.73 Å². The molecule has 2 aromatic carbocycles. The van der Waals surface area contributed by atoms with E-state index in [1.807, 2.05) is 43.3 Å². The summed E-state index contributed by atoms with van der Waals surface area (Å²) in [4.78, 5) is 11.4. The minimum absolute atomic E-state index is 0.0851. The molecule has 4 heteroatoms. The van der Waals surface area contributed by atoms with Crippen LogP contribution in [-0.2, 0) is 0 Å². The Morgan fingerprint density at radius 1 is 1.24 bits per heavy atom. The number of ether oxygens (including phenoxy) is 1. The van der Waals surface area contributed by atoms with E-state index in [-0.39, 0.29) is 6.04 Å². The molecule has 1 unspecified atom stereocenters. The van der Waals surface area contributed by atoms with Gasteiger partial charge in [0.25, 0.3) is 0 Å². The first-order valence-corrected chi connectivity index (χ1v) is 6.83. The fraction of sp³-hybridized carbons (Fsp3) is 0.235. The van der Waals surface area contributed by atoms with Crippen molar-refractivity contribution in [3.05, 3.63) is 59.2 Å². The standard InChI is InChI=1S/C17H20N2O2/c1-11-15(17(18)20)8-5-9-16(11)19-12(2)13-6-4-7-14(10-13)21-3/h4-10,12,19H,1-3H3,(H2,18,20). The van der Waals surface area contributed by atoms with Crippen LogP contribution in [0, 0.1) is 6.92 Å². The average molecular weight is 284 g/mol. The van der Waals surface area contributed by atoms with E-state index in [2.05, 4.69) is 12.2 Å². The number of primary amides is 1. The zero-order valence-electron chi connectivity index (χ0n) is 12.5. The van der Waals surface area contributed by atoms with Gasteiger partial charge in [-0.15, -0.1) is 0 Å². The van der Waals surface area contributed by atoms with Crippen LogP contribution in [0.2, 0.25) is 0 Å². The highest BCUT2D eigenvalue weighted by atomic mass is 16.5. The molecule has 0 aliphatic rings. The lowest BCUT2D eigenvalue weighted by atomic mass is 10.0. The highest BCUT2D eigenvalue weighted by Crippen LogP contribution is 2.26. The molecule has 3 N–H and O–H groups in total. The minimum Gasteiger partial charge on any atom is -0.497 e. The number of methoxy groups -OCH3 is 1. The molecule has 0 bridgehead atoms. The predicted octanol–water partition coefficient (Wildman–Crippen LogP) is 3.28. The third-order valence-corrected chi connectivity index (χ3v) is 3.57. The summed E-state index contributed by atoms with van der Waals surface area (Å²) in [6.07, 6.45) is 0. The Hall–Kier alpha value is -2.49. The zero-order valence-corrected chi connectivity index (χ0v) is 12.5. The maximum Gasteiger partial charge on any atom is 0.249 e. The van der Waals surface area contributed by atoms with Crippen LogP contribution in [0.5, 0.6) is 5.75 Å². The highest BCUT2D eigenvalue weighted by molar-refractivity contribution is 5.95. The van der Waals surface area contributed by atoms with Gasteiger partial charge in [-0.1, -0.05) is 18.2 Å². The van der Waals surface area contributed by atoms with Crippen molar-refractivity contribution in [2.75, 3.05) is 12.4 Å². The Bertz CT molecular complexity index is 653. The predicted molar refractivity (Wildman–Crippen MR) is 84.7 cm³/mol. The van der Waals surface area contributed by atoms with Crippen LogP contribution in [0.15, 0.2) is 42.5 Å². The fourth-order valence-corrected chi connectivity index (χ4v) is 2.29. The first-order chi connectivity index (χ1) is 10.0. The molecule has 21 heavy (non-hydrogen) atoms. The second-order valence-electron chi connectivity index (χ2n) is 4.99. The number of carbonyl (C=O) groups excluding carboxylic acids is 1. The summed E-state index contributed by atoms with van der Waals surface area (Å²) in [5.41, 5.74) is 8.79. The normalized spacial score (nSPS) is 11.8. The van der Waals surface area contributed by atoms with Crippen molar-refractivity contribution >= 4 is 11.6 Å². The van der Waals surface area contributed by atoms with Crippen LogP contribution >= 0.6 is 0 Å². The van der Waals surface area contributed by atoms with Crippen LogP contribution in [-0.4, -0.2) is 13.0 Å². The van der Waals surface area contributed by atoms with E-state index in [4.69, 9.17) is 10.5 Å². The van der Waals surface area contributed by atoms with Gasteiger partial charge in [0.15, 0.2) is 0 Å². The number of amides is 1. The first kappa shape index (κ1) is 14.9. The monoisotopic (exact) mass is 284 g/mol. The number of hydrogen-bond acceptors (Lipinski definition) is 3. The molecule has 110 valence electrons. The smallest absolute Gasteiger partial charge is 0.249 e. The lowest BCUT2D eigenvalue weighted by molar-refractivity contribution is 0.1000. The summed E-state index contributed by atoms with van der Waals surface area (Å²) in [7, 11) is 1.65. The van der Waals surface area contributed by atoms with Crippen LogP contribution in [0.25, 0.3) is 0 Å². The molecule has 0 aromatic heterocycles. The molecule has 1 atom stereocenters. The quantitative estimate of drug-likeness (QED) is 0.885. The number of benzene rings is 2. The van der Waals surface area contributed by atoms with E-state index in [9.17, 15) is 4.79 Å². The molecule has 0 saturated heterocycles. The Kier molecular flexibility index (Phi) is 4.48. The lowest BCUT2D eigenvalue weighted by Gasteiger charge is -2.19. The largest absolute Gasteiger partial charge is 0.497 e. The van der Waals surface area contributed by atoms with E-state index in [1.54, 1.807) is 13.2 Å². The Balaban J connectivity index is 2.25. The van der Waals surface area contributed by atoms with Gasteiger partial charge >= 0.3 is 0 Å². The van der Waals surface area contributed by atoms with Crippen molar-refractivity contribution in [3.63, 3.8) is 0 Å². The summed E-state index contributed by atoms with van der Waals surface area (Å²) >= 11 is 0. The number of anilines is 1. The van der Waals surface area contributed by atoms with Gasteiger partial charge in [0, 0.05) is 17.3 Å². The van der Waals surface area contributed by atoms with E-state index in [0.29, 0.717) is 5.56 Å². The molecule has 0 aliphatic heterocycles. The number of hydrogen-bond donors (Lipinski definition) is 2. The SMILES string of the molecule is COc1cccc(C(C)Nc2cccc(C(N)=O)c2C)c1. The van der Waals surface area contributed by atoms with Gasteiger partial charge in [-0.25, -0.2) is 0 Å². The maximum absolute atomic E-state index is 11.4. The number of rotatable bonds is 5. The summed E-state index contributed by atoms with van der Waals surface area (Å²) in [5.74, 6) is 0.411. The molecule has 1 amide bonds. The summed E-state index contributed by atoms with van der Waals surface area (Å²) in [5, 5.41) is 3.41. The van der Waals surface area contributed by atoms with Gasteiger partial charge in [-0.05, 0) is 49.2 Å². The lowest BCUT2D eigenvalue weighted by Crippen LogP contribution is -2.15. The fourth-order valence-electron chi connectivity index (χ4n) is 2.29. The van der Waals surface area contributed by atoms with E-state index in [1.165, 1.54) is 0 Å². The van der Waals surface area contributed by atoms with Gasteiger partial charge in [0.05, 0.1) is 7.11 Å². The van der Waals surface area contributed by atoms with Crippen LogP contribution < -0.4 is 15.8 Å². The van der Waals surface area contributed by atoms with Gasteiger partial charge in [-0.3, -0.25) is 4.79 Å². The first-order valence-electron chi connectivity index (χ1n) is 6.83. The van der Waals surface area contributed by atoms with Crippen molar-refractivity contribution < 1.29 is 9.53 Å². The number of carbonyl (C=O) groups is 1. The maximum atomic E-state index is 11.4. The minimum atomic E-state index is -0.412. The summed E-state index contributed by atoms with van der Waals surface area (Å²) in [6, 6.07) is 13.5. The Morgan fingerprint density at radius 2 is 1.95 bits per heavy atom. The van der Waals surface area contributed by atoms with Crippen molar-refractivity contribution in [1.29, 1.82) is 0 Å². The van der Waals surface area contributed by atoms with Gasteiger partial charge < -0.3 is 15.8 Å². The van der Waals surface area contributed by atoms with E-state index in [0.717, 1.165) is 22.6 Å². The molecule has 0 aliphatic carbocycles. The van der Waals surface area contributed by atoms with Crippen LogP contribution in [0.3, 0.4) is 0 Å². The van der Waals surface area contributed by atoms with E-state index >= 15 is 0 Å². The highest BCUT2D eigenvalue weighted by Gasteiger charge is 2.11. The molecule has 0 saturated carbocycles. The Morgan fingerprint density at radius 3 is 2.62 bits per heavy atom. The second-order valence-corrected chi connectivity index (χ2v) is 4.99. The number of nitrogens with one attached hydrogen (secondary N) is 1. The Labute approximate surface area is 124 Å².